The standard InChI is InChI=1S/C12H11F3N4/c1-8(5-16)7-19(2)11-9(6-17)3-4-10(18-11)12(13,14)15/h3-4,8H,7H2,1-2H3. The smallest absolute Gasteiger partial charge is 0.357 e. The van der Waals surface area contributed by atoms with E-state index in [1.165, 1.54) is 11.9 Å². The van der Waals surface area contributed by atoms with E-state index in [0.717, 1.165) is 12.1 Å². The summed E-state index contributed by atoms with van der Waals surface area (Å²) in [6, 6.07) is 5.61. The average molecular weight is 268 g/mol. The molecule has 1 unspecified atom stereocenters. The summed E-state index contributed by atoms with van der Waals surface area (Å²) in [4.78, 5) is 4.85. The fraction of sp³-hybridized carbons (Fsp3) is 0.417. The lowest BCUT2D eigenvalue weighted by Gasteiger charge is -2.21. The molecular formula is C12H11F3N4. The first-order valence-electron chi connectivity index (χ1n) is 5.38. The zero-order chi connectivity index (χ0) is 14.6. The summed E-state index contributed by atoms with van der Waals surface area (Å²) in [6.07, 6.45) is -4.57. The highest BCUT2D eigenvalue weighted by Gasteiger charge is 2.33. The van der Waals surface area contributed by atoms with Crippen LogP contribution in [0.3, 0.4) is 0 Å². The van der Waals surface area contributed by atoms with Gasteiger partial charge in [-0.2, -0.15) is 23.7 Å². The minimum absolute atomic E-state index is 0.0423. The topological polar surface area (TPSA) is 63.7 Å². The quantitative estimate of drug-likeness (QED) is 0.845. The molecule has 1 rings (SSSR count). The van der Waals surface area contributed by atoms with Crippen LogP contribution in [0.15, 0.2) is 12.1 Å². The number of hydrogen-bond donors (Lipinski definition) is 0. The van der Waals surface area contributed by atoms with Gasteiger partial charge in [0.05, 0.1) is 17.6 Å². The highest BCUT2D eigenvalue weighted by Crippen LogP contribution is 2.30. The van der Waals surface area contributed by atoms with Gasteiger partial charge in [0.1, 0.15) is 17.6 Å². The average Bonchev–Trinajstić information content (AvgIpc) is 2.36. The Morgan fingerprint density at radius 1 is 1.37 bits per heavy atom. The van der Waals surface area contributed by atoms with Gasteiger partial charge in [-0.1, -0.05) is 0 Å². The molecule has 0 aromatic carbocycles. The number of nitrogens with zero attached hydrogens (tertiary/aromatic N) is 4. The molecule has 7 heteroatoms. The molecule has 0 radical (unpaired) electrons. The van der Waals surface area contributed by atoms with Crippen molar-refractivity contribution in [2.45, 2.75) is 13.1 Å². The SMILES string of the molecule is CC(C#N)CN(C)c1nc(C(F)(F)F)ccc1C#N. The van der Waals surface area contributed by atoms with Gasteiger partial charge in [0.15, 0.2) is 0 Å². The van der Waals surface area contributed by atoms with E-state index in [4.69, 9.17) is 10.5 Å². The third-order valence-corrected chi connectivity index (χ3v) is 2.42. The van der Waals surface area contributed by atoms with Gasteiger partial charge in [-0.3, -0.25) is 0 Å². The molecule has 1 heterocycles. The van der Waals surface area contributed by atoms with Gasteiger partial charge in [-0.15, -0.1) is 0 Å². The largest absolute Gasteiger partial charge is 0.433 e. The lowest BCUT2D eigenvalue weighted by Crippen LogP contribution is -2.26. The van der Waals surface area contributed by atoms with Crippen LogP contribution in [0.4, 0.5) is 19.0 Å². The predicted molar refractivity (Wildman–Crippen MR) is 62.0 cm³/mol. The Morgan fingerprint density at radius 3 is 2.47 bits per heavy atom. The molecule has 0 saturated heterocycles. The Morgan fingerprint density at radius 2 is 2.00 bits per heavy atom. The fourth-order valence-electron chi connectivity index (χ4n) is 1.52. The van der Waals surface area contributed by atoms with Crippen molar-refractivity contribution in [2.24, 2.45) is 5.92 Å². The van der Waals surface area contributed by atoms with Gasteiger partial charge in [0.2, 0.25) is 0 Å². The third kappa shape index (κ3) is 3.59. The number of alkyl halides is 3. The molecule has 0 aliphatic rings. The van der Waals surface area contributed by atoms with E-state index < -0.39 is 11.9 Å². The second-order valence-electron chi connectivity index (χ2n) is 4.09. The monoisotopic (exact) mass is 268 g/mol. The molecule has 1 aromatic heterocycles. The van der Waals surface area contributed by atoms with Crippen LogP contribution in [0, 0.1) is 28.6 Å². The predicted octanol–water partition coefficient (Wildman–Crippen LogP) is 2.57. The molecule has 1 aromatic rings. The van der Waals surface area contributed by atoms with Crippen LogP contribution in [0.5, 0.6) is 0 Å². The van der Waals surface area contributed by atoms with E-state index in [9.17, 15) is 13.2 Å². The van der Waals surface area contributed by atoms with Crippen molar-refractivity contribution in [3.05, 3.63) is 23.4 Å². The Kier molecular flexibility index (Phi) is 4.34. The summed E-state index contributed by atoms with van der Waals surface area (Å²) < 4.78 is 37.7. The van der Waals surface area contributed by atoms with E-state index in [-0.39, 0.29) is 23.8 Å². The van der Waals surface area contributed by atoms with Gasteiger partial charge in [-0.25, -0.2) is 4.98 Å². The molecule has 4 nitrogen and oxygen atoms in total. The molecule has 0 saturated carbocycles. The Balaban J connectivity index is 3.18. The van der Waals surface area contributed by atoms with Crippen LogP contribution in [0.2, 0.25) is 0 Å². The van der Waals surface area contributed by atoms with Gasteiger partial charge < -0.3 is 4.90 Å². The van der Waals surface area contributed by atoms with E-state index in [1.54, 1.807) is 13.0 Å². The molecule has 0 spiro atoms. The molecule has 0 fully saturated rings. The number of rotatable bonds is 3. The molecule has 100 valence electrons. The highest BCUT2D eigenvalue weighted by molar-refractivity contribution is 5.54. The van der Waals surface area contributed by atoms with E-state index in [1.807, 2.05) is 6.07 Å². The molecule has 0 bridgehead atoms. The van der Waals surface area contributed by atoms with Crippen molar-refractivity contribution in [3.63, 3.8) is 0 Å². The lowest BCUT2D eigenvalue weighted by molar-refractivity contribution is -0.141. The minimum atomic E-state index is -4.57. The summed E-state index contributed by atoms with van der Waals surface area (Å²) in [7, 11) is 1.50. The molecular weight excluding hydrogens is 257 g/mol. The summed E-state index contributed by atoms with van der Waals surface area (Å²) in [6.45, 7) is 1.83. The van der Waals surface area contributed by atoms with E-state index in [2.05, 4.69) is 4.98 Å². The normalized spacial score (nSPS) is 12.4. The van der Waals surface area contributed by atoms with Crippen LogP contribution in [0.1, 0.15) is 18.2 Å². The highest BCUT2D eigenvalue weighted by atomic mass is 19.4. The maximum atomic E-state index is 12.6. The van der Waals surface area contributed by atoms with E-state index >= 15 is 0 Å². The summed E-state index contributed by atoms with van der Waals surface area (Å²) in [5.41, 5.74) is -1.02. The second kappa shape index (κ2) is 5.57. The van der Waals surface area contributed by atoms with Crippen LogP contribution in [-0.4, -0.2) is 18.6 Å². The van der Waals surface area contributed by atoms with Crippen LogP contribution >= 0.6 is 0 Å². The van der Waals surface area contributed by atoms with Crippen LogP contribution < -0.4 is 4.90 Å². The van der Waals surface area contributed by atoms with Crippen molar-refractivity contribution < 1.29 is 13.2 Å². The van der Waals surface area contributed by atoms with Gasteiger partial charge in [0.25, 0.3) is 0 Å². The first-order valence-corrected chi connectivity index (χ1v) is 5.38. The first kappa shape index (κ1) is 14.8. The first-order chi connectivity index (χ1) is 8.79. The number of pyridine rings is 1. The Labute approximate surface area is 108 Å². The van der Waals surface area contributed by atoms with Crippen molar-refractivity contribution in [3.8, 4) is 12.1 Å². The Hall–Kier alpha value is -2.28. The zero-order valence-electron chi connectivity index (χ0n) is 10.4. The molecule has 0 aliphatic carbocycles. The van der Waals surface area contributed by atoms with E-state index in [0.29, 0.717) is 0 Å². The fourth-order valence-corrected chi connectivity index (χ4v) is 1.52. The maximum absolute atomic E-state index is 12.6. The minimum Gasteiger partial charge on any atom is -0.357 e. The molecule has 1 atom stereocenters. The molecule has 0 aliphatic heterocycles. The molecule has 0 amide bonds. The van der Waals surface area contributed by atoms with Crippen molar-refractivity contribution >= 4 is 5.82 Å². The lowest BCUT2D eigenvalue weighted by atomic mass is 10.2. The van der Waals surface area contributed by atoms with Gasteiger partial charge in [0, 0.05) is 13.6 Å². The summed E-state index contributed by atoms with van der Waals surface area (Å²) >= 11 is 0. The van der Waals surface area contributed by atoms with Gasteiger partial charge in [-0.05, 0) is 19.1 Å². The van der Waals surface area contributed by atoms with Crippen molar-refractivity contribution in [2.75, 3.05) is 18.5 Å². The summed E-state index contributed by atoms with van der Waals surface area (Å²) in [5, 5.41) is 17.6. The number of aromatic nitrogens is 1. The summed E-state index contributed by atoms with van der Waals surface area (Å²) in [5.74, 6) is -0.452. The van der Waals surface area contributed by atoms with Crippen LogP contribution in [-0.2, 0) is 6.18 Å². The van der Waals surface area contributed by atoms with Crippen molar-refractivity contribution in [1.29, 1.82) is 10.5 Å². The number of anilines is 1. The van der Waals surface area contributed by atoms with Crippen LogP contribution in [0.25, 0.3) is 0 Å². The molecule has 19 heavy (non-hydrogen) atoms. The van der Waals surface area contributed by atoms with Gasteiger partial charge >= 0.3 is 6.18 Å². The molecule has 0 N–H and O–H groups in total. The third-order valence-electron chi connectivity index (χ3n) is 2.42. The number of hydrogen-bond acceptors (Lipinski definition) is 4. The maximum Gasteiger partial charge on any atom is 0.433 e. The second-order valence-corrected chi connectivity index (χ2v) is 4.09. The number of halogens is 3. The number of nitriles is 2. The zero-order valence-corrected chi connectivity index (χ0v) is 10.4. The van der Waals surface area contributed by atoms with Crippen molar-refractivity contribution in [1.82, 2.24) is 4.98 Å². The Bertz CT molecular complexity index is 539.